The van der Waals surface area contributed by atoms with Crippen LogP contribution in [0.25, 0.3) is 0 Å². The Hall–Kier alpha value is -1.13. The van der Waals surface area contributed by atoms with Crippen molar-refractivity contribution in [2.24, 2.45) is 11.7 Å². The van der Waals surface area contributed by atoms with Gasteiger partial charge >= 0.3 is 0 Å². The van der Waals surface area contributed by atoms with Crippen LogP contribution in [0.2, 0.25) is 0 Å². The second-order valence-electron chi connectivity index (χ2n) is 5.21. The highest BCUT2D eigenvalue weighted by Gasteiger charge is 2.10. The van der Waals surface area contributed by atoms with E-state index in [1.54, 1.807) is 0 Å². The van der Waals surface area contributed by atoms with E-state index in [-0.39, 0.29) is 17.6 Å². The molecule has 0 heterocycles. The first kappa shape index (κ1) is 14.9. The highest BCUT2D eigenvalue weighted by molar-refractivity contribution is 5.32. The molecule has 18 heavy (non-hydrogen) atoms. The Balaban J connectivity index is 2.49. The lowest BCUT2D eigenvalue weighted by atomic mass is 10.0. The van der Waals surface area contributed by atoms with Gasteiger partial charge in [0.2, 0.25) is 0 Å². The predicted molar refractivity (Wildman–Crippen MR) is 71.8 cm³/mol. The average molecular weight is 254 g/mol. The molecule has 1 aromatic rings. The van der Waals surface area contributed by atoms with E-state index < -0.39 is 0 Å². The molecule has 102 valence electrons. The third-order valence-electron chi connectivity index (χ3n) is 3.18. The van der Waals surface area contributed by atoms with Gasteiger partial charge in [0, 0.05) is 18.2 Å². The normalized spacial score (nSPS) is 13.3. The summed E-state index contributed by atoms with van der Waals surface area (Å²) in [6.07, 6.45) is 0.893. The minimum Gasteiger partial charge on any atom is -0.508 e. The summed E-state index contributed by atoms with van der Waals surface area (Å²) in [5.74, 6) is 0.271. The van der Waals surface area contributed by atoms with Crippen LogP contribution in [-0.2, 0) is 6.54 Å². The number of aromatic hydroxyl groups is 1. The molecule has 3 nitrogen and oxygen atoms in total. The minimum atomic E-state index is -0.324. The van der Waals surface area contributed by atoms with Crippen molar-refractivity contribution >= 4 is 0 Å². The summed E-state index contributed by atoms with van der Waals surface area (Å²) in [4.78, 5) is 2.04. The van der Waals surface area contributed by atoms with Gasteiger partial charge in [0.25, 0.3) is 0 Å². The van der Waals surface area contributed by atoms with Crippen molar-refractivity contribution in [2.75, 3.05) is 13.6 Å². The van der Waals surface area contributed by atoms with Crippen molar-refractivity contribution in [3.63, 3.8) is 0 Å². The number of phenolic OH excluding ortho intramolecular Hbond substituents is 1. The van der Waals surface area contributed by atoms with Crippen LogP contribution in [0.4, 0.5) is 4.39 Å². The highest BCUT2D eigenvalue weighted by atomic mass is 19.1. The molecule has 0 aliphatic heterocycles. The smallest absolute Gasteiger partial charge is 0.123 e. The van der Waals surface area contributed by atoms with Gasteiger partial charge in [-0.3, -0.25) is 0 Å². The minimum absolute atomic E-state index is 0.136. The van der Waals surface area contributed by atoms with Gasteiger partial charge < -0.3 is 15.7 Å². The third-order valence-corrected chi connectivity index (χ3v) is 3.18. The number of halogens is 1. The van der Waals surface area contributed by atoms with Crippen molar-refractivity contribution < 1.29 is 9.50 Å². The molecular formula is C14H23FN2O. The Morgan fingerprint density at radius 1 is 1.39 bits per heavy atom. The molecule has 0 aliphatic rings. The first-order valence-electron chi connectivity index (χ1n) is 6.31. The Morgan fingerprint density at radius 3 is 2.67 bits per heavy atom. The SMILES string of the molecule is CC(C)C(N)CCN(C)Cc1cc(F)ccc1O. The maximum Gasteiger partial charge on any atom is 0.123 e. The number of hydrogen-bond acceptors (Lipinski definition) is 3. The van der Waals surface area contributed by atoms with Crippen LogP contribution in [0.3, 0.4) is 0 Å². The lowest BCUT2D eigenvalue weighted by Gasteiger charge is -2.21. The zero-order valence-electron chi connectivity index (χ0n) is 11.4. The summed E-state index contributed by atoms with van der Waals surface area (Å²) in [5.41, 5.74) is 6.58. The van der Waals surface area contributed by atoms with E-state index in [1.807, 2.05) is 11.9 Å². The summed E-state index contributed by atoms with van der Waals surface area (Å²) in [5, 5.41) is 9.63. The zero-order valence-corrected chi connectivity index (χ0v) is 11.4. The van der Waals surface area contributed by atoms with E-state index in [2.05, 4.69) is 13.8 Å². The number of hydrogen-bond donors (Lipinski definition) is 2. The lowest BCUT2D eigenvalue weighted by molar-refractivity contribution is 0.291. The van der Waals surface area contributed by atoms with Crippen LogP contribution >= 0.6 is 0 Å². The van der Waals surface area contributed by atoms with Crippen LogP contribution < -0.4 is 5.73 Å². The Morgan fingerprint density at radius 2 is 2.06 bits per heavy atom. The maximum absolute atomic E-state index is 13.1. The summed E-state index contributed by atoms with van der Waals surface area (Å²) in [6.45, 7) is 5.55. The third kappa shape index (κ3) is 4.63. The van der Waals surface area contributed by atoms with E-state index >= 15 is 0 Å². The Bertz CT molecular complexity index is 382. The summed E-state index contributed by atoms with van der Waals surface area (Å²) in [7, 11) is 1.94. The fraction of sp³-hybridized carbons (Fsp3) is 0.571. The molecule has 0 saturated carbocycles. The Kier molecular flexibility index (Phi) is 5.56. The van der Waals surface area contributed by atoms with Crippen LogP contribution in [0.5, 0.6) is 5.75 Å². The van der Waals surface area contributed by atoms with E-state index in [0.29, 0.717) is 18.0 Å². The van der Waals surface area contributed by atoms with E-state index in [1.165, 1.54) is 18.2 Å². The van der Waals surface area contributed by atoms with E-state index in [9.17, 15) is 9.50 Å². The van der Waals surface area contributed by atoms with Gasteiger partial charge in [-0.25, -0.2) is 4.39 Å². The Labute approximate surface area is 108 Å². The van der Waals surface area contributed by atoms with Crippen molar-refractivity contribution in [2.45, 2.75) is 32.9 Å². The van der Waals surface area contributed by atoms with Crippen LogP contribution in [0.15, 0.2) is 18.2 Å². The van der Waals surface area contributed by atoms with Gasteiger partial charge in [0.05, 0.1) is 0 Å². The van der Waals surface area contributed by atoms with Crippen LogP contribution in [0.1, 0.15) is 25.8 Å². The van der Waals surface area contributed by atoms with E-state index in [4.69, 9.17) is 5.73 Å². The molecule has 4 heteroatoms. The maximum atomic E-state index is 13.1. The molecule has 1 aromatic carbocycles. The van der Waals surface area contributed by atoms with Gasteiger partial charge in [-0.1, -0.05) is 13.8 Å². The highest BCUT2D eigenvalue weighted by Crippen LogP contribution is 2.19. The van der Waals surface area contributed by atoms with Crippen molar-refractivity contribution in [3.8, 4) is 5.75 Å². The lowest BCUT2D eigenvalue weighted by Crippen LogP contribution is -2.31. The number of benzene rings is 1. The molecule has 0 bridgehead atoms. The van der Waals surface area contributed by atoms with Crippen molar-refractivity contribution in [3.05, 3.63) is 29.6 Å². The second kappa shape index (κ2) is 6.71. The van der Waals surface area contributed by atoms with Crippen molar-refractivity contribution in [1.82, 2.24) is 4.90 Å². The van der Waals surface area contributed by atoms with Gasteiger partial charge in [0.1, 0.15) is 11.6 Å². The molecule has 0 aromatic heterocycles. The molecule has 0 amide bonds. The zero-order chi connectivity index (χ0) is 13.7. The average Bonchev–Trinajstić information content (AvgIpc) is 2.30. The van der Waals surface area contributed by atoms with Gasteiger partial charge in [0.15, 0.2) is 0 Å². The largest absolute Gasteiger partial charge is 0.508 e. The fourth-order valence-electron chi connectivity index (χ4n) is 1.75. The molecule has 0 saturated heterocycles. The quantitative estimate of drug-likeness (QED) is 0.819. The number of nitrogens with two attached hydrogens (primary N) is 1. The molecule has 3 N–H and O–H groups in total. The number of nitrogens with zero attached hydrogens (tertiary/aromatic N) is 1. The number of rotatable bonds is 6. The van der Waals surface area contributed by atoms with E-state index in [0.717, 1.165) is 13.0 Å². The van der Waals surface area contributed by atoms with Crippen LogP contribution in [0, 0.1) is 11.7 Å². The second-order valence-corrected chi connectivity index (χ2v) is 5.21. The first-order valence-corrected chi connectivity index (χ1v) is 6.31. The molecule has 1 unspecified atom stereocenters. The first-order chi connectivity index (χ1) is 8.40. The summed E-state index contributed by atoms with van der Waals surface area (Å²) in [6, 6.07) is 4.19. The molecule has 1 atom stereocenters. The van der Waals surface area contributed by atoms with Gasteiger partial charge in [-0.2, -0.15) is 0 Å². The molecular weight excluding hydrogens is 231 g/mol. The number of phenols is 1. The topological polar surface area (TPSA) is 49.5 Å². The fourth-order valence-corrected chi connectivity index (χ4v) is 1.75. The van der Waals surface area contributed by atoms with Crippen molar-refractivity contribution in [1.29, 1.82) is 0 Å². The molecule has 0 fully saturated rings. The van der Waals surface area contributed by atoms with Gasteiger partial charge in [-0.05, 0) is 44.1 Å². The van der Waals surface area contributed by atoms with Crippen LogP contribution in [-0.4, -0.2) is 29.6 Å². The summed E-state index contributed by atoms with van der Waals surface area (Å²) >= 11 is 0. The summed E-state index contributed by atoms with van der Waals surface area (Å²) < 4.78 is 13.1. The molecule has 0 aliphatic carbocycles. The monoisotopic (exact) mass is 254 g/mol. The molecule has 0 spiro atoms. The van der Waals surface area contributed by atoms with Gasteiger partial charge in [-0.15, -0.1) is 0 Å². The molecule has 0 radical (unpaired) electrons. The predicted octanol–water partition coefficient (Wildman–Crippen LogP) is 2.34. The molecule has 1 rings (SSSR count). The standard InChI is InChI=1S/C14H23FN2O/c1-10(2)13(16)6-7-17(3)9-11-8-12(15)4-5-14(11)18/h4-5,8,10,13,18H,6-7,9,16H2,1-3H3.